The number of rotatable bonds is 11. The van der Waals surface area contributed by atoms with Crippen molar-refractivity contribution in [3.05, 3.63) is 71.6 Å². The molecule has 0 radical (unpaired) electrons. The van der Waals surface area contributed by atoms with Crippen molar-refractivity contribution in [1.29, 1.82) is 0 Å². The quantitative estimate of drug-likeness (QED) is 0.191. The minimum absolute atomic E-state index is 0.0133. The molecular weight excluding hydrogens is 551 g/mol. The van der Waals surface area contributed by atoms with E-state index in [1.54, 1.807) is 16.9 Å². The molecule has 0 unspecified atom stereocenters. The van der Waals surface area contributed by atoms with Gasteiger partial charge in [0.15, 0.2) is 11.5 Å². The van der Waals surface area contributed by atoms with Gasteiger partial charge in [0.05, 0.1) is 35.5 Å². The number of hydrogen-bond donors (Lipinski definition) is 1. The van der Waals surface area contributed by atoms with Crippen LogP contribution in [0.25, 0.3) is 11.0 Å². The molecule has 0 aliphatic rings. The first kappa shape index (κ1) is 28.5. The number of aromatic nitrogens is 4. The van der Waals surface area contributed by atoms with Gasteiger partial charge < -0.3 is 9.47 Å². The lowest BCUT2D eigenvalue weighted by Gasteiger charge is -2.15. The highest BCUT2D eigenvalue weighted by Crippen LogP contribution is 2.27. The average molecular weight is 580 g/mol. The molecule has 0 aliphatic heterocycles. The molecule has 0 saturated heterocycles. The van der Waals surface area contributed by atoms with Crippen molar-refractivity contribution >= 4 is 34.8 Å². The second kappa shape index (κ2) is 11.3. The summed E-state index contributed by atoms with van der Waals surface area (Å²) in [6, 6.07) is 5.25. The molecule has 14 heteroatoms. The number of nitrogens with zero attached hydrogens (tertiary/aromatic N) is 4. The zero-order chi connectivity index (χ0) is 28.4. The normalized spacial score (nSPS) is 12.2. The first-order valence-electron chi connectivity index (χ1n) is 12.0. The van der Waals surface area contributed by atoms with Gasteiger partial charge in [0, 0.05) is 20.1 Å². The molecule has 3 heterocycles. The third-order valence-corrected chi connectivity index (χ3v) is 8.96. The van der Waals surface area contributed by atoms with Crippen LogP contribution >= 0.6 is 0 Å². The summed E-state index contributed by atoms with van der Waals surface area (Å²) in [6.07, 6.45) is 3.84. The van der Waals surface area contributed by atoms with Gasteiger partial charge in [-0.1, -0.05) is 19.6 Å². The lowest BCUT2D eigenvalue weighted by molar-refractivity contribution is 0.0813. The number of hydrogen-bond acceptors (Lipinski definition) is 7. The summed E-state index contributed by atoms with van der Waals surface area (Å²) < 4.78 is 83.6. The second-order valence-electron chi connectivity index (χ2n) is 10.1. The molecule has 4 aromatic rings. The highest BCUT2D eigenvalue weighted by Gasteiger charge is 2.23. The maximum absolute atomic E-state index is 15.2. The summed E-state index contributed by atoms with van der Waals surface area (Å²) in [7, 11) is -5.62. The van der Waals surface area contributed by atoms with E-state index < -0.39 is 58.3 Å². The van der Waals surface area contributed by atoms with Crippen LogP contribution in [0.3, 0.4) is 0 Å². The third-order valence-electron chi connectivity index (χ3n) is 5.77. The molecule has 1 N–H and O–H groups in total. The van der Waals surface area contributed by atoms with E-state index in [4.69, 9.17) is 9.47 Å². The fraction of sp³-hybridized carbons (Fsp3) is 0.320. The molecule has 0 aliphatic carbocycles. The number of pyridine rings is 2. The summed E-state index contributed by atoms with van der Waals surface area (Å²) in [5, 5.41) is 4.91. The van der Waals surface area contributed by atoms with Crippen molar-refractivity contribution in [2.45, 2.75) is 50.8 Å². The first-order chi connectivity index (χ1) is 18.3. The number of nitrogens with one attached hydrogen (secondary N) is 1. The van der Waals surface area contributed by atoms with E-state index in [2.05, 4.69) is 34.7 Å². The summed E-state index contributed by atoms with van der Waals surface area (Å²) >= 11 is 0. The van der Waals surface area contributed by atoms with E-state index in [0.29, 0.717) is 17.6 Å². The molecule has 0 atom stereocenters. The molecule has 0 amide bonds. The zero-order valence-corrected chi connectivity index (χ0v) is 23.7. The van der Waals surface area contributed by atoms with Crippen LogP contribution in [0, 0.1) is 24.4 Å². The number of aryl methyl sites for hydroxylation is 1. The van der Waals surface area contributed by atoms with Crippen molar-refractivity contribution in [2.24, 2.45) is 0 Å². The highest BCUT2D eigenvalue weighted by atomic mass is 32.2. The van der Waals surface area contributed by atoms with Crippen LogP contribution in [-0.2, 0) is 28.1 Å². The van der Waals surface area contributed by atoms with Gasteiger partial charge in [-0.05, 0) is 37.2 Å². The van der Waals surface area contributed by atoms with Gasteiger partial charge in [0.2, 0.25) is 0 Å². The monoisotopic (exact) mass is 579 g/mol. The maximum atomic E-state index is 15.2. The van der Waals surface area contributed by atoms with Crippen LogP contribution in [0.1, 0.15) is 11.3 Å². The third kappa shape index (κ3) is 6.94. The number of fused-ring (bicyclic) bond motifs is 1. The number of anilines is 1. The molecule has 0 bridgehead atoms. The Morgan fingerprint density at radius 2 is 1.82 bits per heavy atom. The van der Waals surface area contributed by atoms with Crippen LogP contribution in [0.4, 0.5) is 18.9 Å². The lowest BCUT2D eigenvalue weighted by atomic mass is 10.2. The van der Waals surface area contributed by atoms with Crippen LogP contribution in [0.2, 0.25) is 25.7 Å². The molecule has 9 nitrogen and oxygen atoms in total. The van der Waals surface area contributed by atoms with Crippen LogP contribution in [-0.4, -0.2) is 42.8 Å². The van der Waals surface area contributed by atoms with E-state index in [0.717, 1.165) is 30.4 Å². The topological polar surface area (TPSA) is 108 Å². The van der Waals surface area contributed by atoms with Gasteiger partial charge in [0.1, 0.15) is 35.6 Å². The molecule has 39 heavy (non-hydrogen) atoms. The molecule has 3 aromatic heterocycles. The molecular formula is C25H28F3N5O4SSi. The largest absolute Gasteiger partial charge is 0.487 e. The van der Waals surface area contributed by atoms with Gasteiger partial charge in [0.25, 0.3) is 10.0 Å². The molecule has 4 rings (SSSR count). The molecule has 208 valence electrons. The van der Waals surface area contributed by atoms with Crippen LogP contribution in [0.5, 0.6) is 5.75 Å². The minimum atomic E-state index is -4.41. The van der Waals surface area contributed by atoms with Crippen molar-refractivity contribution < 1.29 is 31.1 Å². The molecule has 0 saturated carbocycles. The Bertz CT molecular complexity index is 1610. The fourth-order valence-corrected chi connectivity index (χ4v) is 5.60. The van der Waals surface area contributed by atoms with Crippen molar-refractivity contribution in [1.82, 2.24) is 19.7 Å². The maximum Gasteiger partial charge on any atom is 0.263 e. The van der Waals surface area contributed by atoms with E-state index in [1.165, 1.54) is 13.1 Å². The Labute approximate surface area is 225 Å². The van der Waals surface area contributed by atoms with Crippen LogP contribution in [0.15, 0.2) is 47.8 Å². The summed E-state index contributed by atoms with van der Waals surface area (Å²) in [5.41, 5.74) is -0.455. The van der Waals surface area contributed by atoms with Gasteiger partial charge in [-0.3, -0.25) is 9.71 Å². The predicted molar refractivity (Wildman–Crippen MR) is 142 cm³/mol. The van der Waals surface area contributed by atoms with E-state index in [1.807, 2.05) is 4.72 Å². The number of ether oxygens (including phenoxy) is 2. The summed E-state index contributed by atoms with van der Waals surface area (Å²) in [4.78, 5) is 7.53. The number of benzene rings is 1. The van der Waals surface area contributed by atoms with Crippen molar-refractivity contribution in [3.8, 4) is 5.75 Å². The fourth-order valence-electron chi connectivity index (χ4n) is 3.58. The lowest BCUT2D eigenvalue weighted by Crippen LogP contribution is -2.22. The van der Waals surface area contributed by atoms with Crippen molar-refractivity contribution in [3.63, 3.8) is 0 Å². The van der Waals surface area contributed by atoms with Crippen LogP contribution < -0.4 is 9.46 Å². The van der Waals surface area contributed by atoms with Gasteiger partial charge >= 0.3 is 0 Å². The minimum Gasteiger partial charge on any atom is -0.487 e. The predicted octanol–water partition coefficient (Wildman–Crippen LogP) is 5.24. The Hall–Kier alpha value is -3.49. The summed E-state index contributed by atoms with van der Waals surface area (Å²) in [5.74, 6) is -2.75. The highest BCUT2D eigenvalue weighted by molar-refractivity contribution is 7.92. The molecule has 0 fully saturated rings. The first-order valence-corrected chi connectivity index (χ1v) is 17.2. The Morgan fingerprint density at radius 3 is 2.56 bits per heavy atom. The van der Waals surface area contributed by atoms with Gasteiger partial charge in [-0.25, -0.2) is 31.3 Å². The second-order valence-corrected chi connectivity index (χ2v) is 17.4. The SMILES string of the molecule is Cc1ncc(F)cc1S(=O)(=O)Nc1ccc(F)c(COc2cnc3c(cnn3COCC[Si](C)(C)C)c2)c1F. The van der Waals surface area contributed by atoms with E-state index >= 15 is 4.39 Å². The summed E-state index contributed by atoms with van der Waals surface area (Å²) in [6.45, 7) is 8.48. The average Bonchev–Trinajstić information content (AvgIpc) is 3.26. The number of halogens is 3. The van der Waals surface area contributed by atoms with E-state index in [9.17, 15) is 17.2 Å². The smallest absolute Gasteiger partial charge is 0.263 e. The van der Waals surface area contributed by atoms with E-state index in [-0.39, 0.29) is 18.2 Å². The zero-order valence-electron chi connectivity index (χ0n) is 21.8. The molecule has 1 aromatic carbocycles. The molecule has 0 spiro atoms. The Kier molecular flexibility index (Phi) is 8.27. The Morgan fingerprint density at radius 1 is 1.05 bits per heavy atom. The Balaban J connectivity index is 1.46. The van der Waals surface area contributed by atoms with Gasteiger partial charge in [-0.2, -0.15) is 5.10 Å². The van der Waals surface area contributed by atoms with Crippen molar-refractivity contribution in [2.75, 3.05) is 11.3 Å². The van der Waals surface area contributed by atoms with Gasteiger partial charge in [-0.15, -0.1) is 0 Å². The number of sulfonamides is 1. The standard InChI is InChI=1S/C25H28F3N5O4SSi/c1-16-23(10-18(26)12-29-16)38(34,35)32-22-6-5-21(27)20(24(22)28)14-37-19-9-17-11-31-33(25(17)30-13-19)15-36-7-8-39(2,3)4/h5-6,9-13,32H,7-8,14-15H2,1-4H3.